The highest BCUT2D eigenvalue weighted by atomic mass is 127. The fourth-order valence-electron chi connectivity index (χ4n) is 1.25. The molecule has 0 aliphatic carbocycles. The molecule has 0 spiro atoms. The van der Waals surface area contributed by atoms with E-state index in [-0.39, 0.29) is 15.7 Å². The van der Waals surface area contributed by atoms with Gasteiger partial charge in [-0.05, 0) is 35.1 Å². The van der Waals surface area contributed by atoms with E-state index in [0.717, 1.165) is 7.11 Å². The van der Waals surface area contributed by atoms with E-state index in [4.69, 9.17) is 0 Å². The van der Waals surface area contributed by atoms with Crippen LogP contribution in [0.5, 0.6) is 5.75 Å². The minimum atomic E-state index is -4.83. The van der Waals surface area contributed by atoms with Crippen molar-refractivity contribution in [3.63, 3.8) is 0 Å². The van der Waals surface area contributed by atoms with Gasteiger partial charge in [-0.1, -0.05) is 0 Å². The van der Waals surface area contributed by atoms with E-state index in [0.29, 0.717) is 5.56 Å². The molecule has 1 aromatic heterocycles. The van der Waals surface area contributed by atoms with Gasteiger partial charge in [0, 0.05) is 11.8 Å². The lowest BCUT2D eigenvalue weighted by Crippen LogP contribution is -2.20. The molecule has 100 valence electrons. The molecule has 0 bridgehead atoms. The van der Waals surface area contributed by atoms with E-state index in [1.807, 2.05) is 0 Å². The topological polar surface area (TPSA) is 48.4 Å². The normalized spacial score (nSPS) is 11.2. The summed E-state index contributed by atoms with van der Waals surface area (Å²) >= 11 is 1.61. The van der Waals surface area contributed by atoms with Crippen molar-refractivity contribution >= 4 is 28.6 Å². The van der Waals surface area contributed by atoms with Crippen LogP contribution in [0, 0.1) is 10.6 Å². The van der Waals surface area contributed by atoms with Crippen LogP contribution >= 0.6 is 22.6 Å². The van der Waals surface area contributed by atoms with Crippen LogP contribution < -0.4 is 4.74 Å². The van der Waals surface area contributed by atoms with Gasteiger partial charge in [-0.15, -0.1) is 13.2 Å². The molecule has 0 saturated carbocycles. The largest absolute Gasteiger partial charge is 0.573 e. The van der Waals surface area contributed by atoms with Gasteiger partial charge in [-0.2, -0.15) is 0 Å². The lowest BCUT2D eigenvalue weighted by atomic mass is 10.1. The number of nitrogens with zero attached hydrogens (tertiary/aromatic N) is 1. The first-order chi connectivity index (χ1) is 8.24. The molecule has 0 N–H and O–H groups in total. The van der Waals surface area contributed by atoms with Crippen LogP contribution in [0.4, 0.5) is 13.2 Å². The Morgan fingerprint density at radius 1 is 1.50 bits per heavy atom. The zero-order valence-electron chi connectivity index (χ0n) is 9.47. The molecule has 8 heteroatoms. The molecule has 0 aromatic carbocycles. The molecule has 0 unspecified atom stereocenters. The van der Waals surface area contributed by atoms with E-state index in [1.54, 1.807) is 29.5 Å². The molecule has 0 aliphatic rings. The van der Waals surface area contributed by atoms with E-state index in [1.165, 1.54) is 6.20 Å². The molecule has 0 amide bonds. The average Bonchev–Trinajstić information content (AvgIpc) is 2.26. The van der Waals surface area contributed by atoms with Gasteiger partial charge in [0.1, 0.15) is 3.70 Å². The van der Waals surface area contributed by atoms with Crippen molar-refractivity contribution in [2.45, 2.75) is 19.7 Å². The smallest absolute Gasteiger partial charge is 0.469 e. The number of carbonyl (C=O) groups excluding carboxylic acids is 1. The third kappa shape index (κ3) is 4.00. The summed E-state index contributed by atoms with van der Waals surface area (Å²) in [6, 6.07) is 0. The number of methoxy groups -OCH3 is 1. The van der Waals surface area contributed by atoms with Crippen molar-refractivity contribution in [3.05, 3.63) is 21.0 Å². The van der Waals surface area contributed by atoms with Gasteiger partial charge >= 0.3 is 12.3 Å². The van der Waals surface area contributed by atoms with E-state index >= 15 is 0 Å². The molecule has 0 radical (unpaired) electrons. The average molecular weight is 375 g/mol. The SMILES string of the molecule is COC(=O)Cc1c(C)cnc(I)c1OC(F)(F)F. The van der Waals surface area contributed by atoms with Crippen LogP contribution in [0.25, 0.3) is 0 Å². The second-order valence-corrected chi connectivity index (χ2v) is 4.36. The molecular weight excluding hydrogens is 366 g/mol. The summed E-state index contributed by atoms with van der Waals surface area (Å²) in [7, 11) is 1.16. The number of hydrogen-bond acceptors (Lipinski definition) is 4. The van der Waals surface area contributed by atoms with Gasteiger partial charge in [0.25, 0.3) is 0 Å². The first kappa shape index (κ1) is 15.0. The number of rotatable bonds is 3. The third-order valence-electron chi connectivity index (χ3n) is 2.08. The van der Waals surface area contributed by atoms with Crippen molar-refractivity contribution in [2.24, 2.45) is 0 Å². The maximum absolute atomic E-state index is 12.3. The lowest BCUT2D eigenvalue weighted by Gasteiger charge is -2.15. The first-order valence-electron chi connectivity index (χ1n) is 4.71. The minimum absolute atomic E-state index is 0.0365. The molecule has 4 nitrogen and oxygen atoms in total. The lowest BCUT2D eigenvalue weighted by molar-refractivity contribution is -0.275. The Bertz CT molecular complexity index is 462. The standard InChI is InChI=1S/C10H9F3INO3/c1-5-4-15-9(14)8(18-10(11,12)13)6(5)3-7(16)17-2/h4H,3H2,1-2H3. The highest BCUT2D eigenvalue weighted by Crippen LogP contribution is 2.32. The molecule has 0 aliphatic heterocycles. The van der Waals surface area contributed by atoms with E-state index < -0.39 is 18.1 Å². The van der Waals surface area contributed by atoms with E-state index in [2.05, 4.69) is 14.5 Å². The fraction of sp³-hybridized carbons (Fsp3) is 0.400. The highest BCUT2D eigenvalue weighted by Gasteiger charge is 2.34. The minimum Gasteiger partial charge on any atom is -0.469 e. The predicted molar refractivity (Wildman–Crippen MR) is 64.1 cm³/mol. The number of halogens is 4. The maximum atomic E-state index is 12.3. The van der Waals surface area contributed by atoms with Crippen LogP contribution in [-0.2, 0) is 16.0 Å². The number of pyridine rings is 1. The number of ether oxygens (including phenoxy) is 2. The van der Waals surface area contributed by atoms with Crippen LogP contribution in [0.15, 0.2) is 6.20 Å². The fourth-order valence-corrected chi connectivity index (χ4v) is 1.82. The number of carbonyl (C=O) groups is 1. The Kier molecular flexibility index (Phi) is 4.77. The predicted octanol–water partition coefficient (Wildman–Crippen LogP) is 2.61. The van der Waals surface area contributed by atoms with Gasteiger partial charge in [-0.25, -0.2) is 4.98 Å². The summed E-state index contributed by atoms with van der Waals surface area (Å²) in [4.78, 5) is 14.9. The van der Waals surface area contributed by atoms with Gasteiger partial charge in [0.05, 0.1) is 13.5 Å². The molecule has 1 aromatic rings. The zero-order chi connectivity index (χ0) is 13.9. The van der Waals surface area contributed by atoms with Crippen LogP contribution in [0.3, 0.4) is 0 Å². The summed E-state index contributed by atoms with van der Waals surface area (Å²) in [5.41, 5.74) is 0.554. The van der Waals surface area contributed by atoms with E-state index in [9.17, 15) is 18.0 Å². The Morgan fingerprint density at radius 3 is 2.61 bits per heavy atom. The van der Waals surface area contributed by atoms with Crippen LogP contribution in [0.2, 0.25) is 0 Å². The summed E-state index contributed by atoms with van der Waals surface area (Å²) in [5, 5.41) is 0. The quantitative estimate of drug-likeness (QED) is 0.463. The number of aromatic nitrogens is 1. The summed E-state index contributed by atoms with van der Waals surface area (Å²) in [6.07, 6.45) is -3.75. The molecule has 0 saturated heterocycles. The third-order valence-corrected chi connectivity index (χ3v) is 2.84. The second-order valence-electron chi connectivity index (χ2n) is 3.34. The first-order valence-corrected chi connectivity index (χ1v) is 5.79. The van der Waals surface area contributed by atoms with Gasteiger partial charge < -0.3 is 9.47 Å². The summed E-state index contributed by atoms with van der Waals surface area (Å²) < 4.78 is 45.2. The molecule has 0 atom stereocenters. The van der Waals surface area contributed by atoms with Crippen molar-refractivity contribution in [1.29, 1.82) is 0 Å². The van der Waals surface area contributed by atoms with Crippen LogP contribution in [0.1, 0.15) is 11.1 Å². The molecule has 1 rings (SSSR count). The van der Waals surface area contributed by atoms with Crippen molar-refractivity contribution < 1.29 is 27.4 Å². The number of aryl methyl sites for hydroxylation is 1. The van der Waals surface area contributed by atoms with Crippen molar-refractivity contribution in [3.8, 4) is 5.75 Å². The highest BCUT2D eigenvalue weighted by molar-refractivity contribution is 14.1. The van der Waals surface area contributed by atoms with Gasteiger partial charge in [0.15, 0.2) is 5.75 Å². The van der Waals surface area contributed by atoms with Gasteiger partial charge in [-0.3, -0.25) is 4.79 Å². The number of esters is 1. The Morgan fingerprint density at radius 2 is 2.11 bits per heavy atom. The monoisotopic (exact) mass is 375 g/mol. The second kappa shape index (κ2) is 5.72. The molecule has 1 heterocycles. The van der Waals surface area contributed by atoms with Crippen molar-refractivity contribution in [1.82, 2.24) is 4.98 Å². The Hall–Kier alpha value is -1.06. The zero-order valence-corrected chi connectivity index (χ0v) is 11.6. The summed E-state index contributed by atoms with van der Waals surface area (Å²) in [6.45, 7) is 1.55. The number of hydrogen-bond donors (Lipinski definition) is 0. The molecular formula is C10H9F3INO3. The maximum Gasteiger partial charge on any atom is 0.573 e. The Balaban J connectivity index is 3.20. The summed E-state index contributed by atoms with van der Waals surface area (Å²) in [5.74, 6) is -1.10. The van der Waals surface area contributed by atoms with Crippen LogP contribution in [-0.4, -0.2) is 24.4 Å². The number of alkyl halides is 3. The van der Waals surface area contributed by atoms with Gasteiger partial charge in [0.2, 0.25) is 0 Å². The molecule has 0 fully saturated rings. The van der Waals surface area contributed by atoms with Crippen molar-refractivity contribution in [2.75, 3.05) is 7.11 Å². The molecule has 18 heavy (non-hydrogen) atoms. The Labute approximate surface area is 115 Å².